The number of amides is 1. The molecule has 2 aliphatic rings. The number of ether oxygens (including phenoxy) is 2. The van der Waals surface area contributed by atoms with Gasteiger partial charge in [-0.15, -0.1) is 0 Å². The lowest BCUT2D eigenvalue weighted by Gasteiger charge is -2.36. The topological polar surface area (TPSA) is 64.8 Å². The molecule has 0 aromatic heterocycles. The summed E-state index contributed by atoms with van der Waals surface area (Å²) in [5.41, 5.74) is 5.40. The van der Waals surface area contributed by atoms with Gasteiger partial charge in [0.2, 0.25) is 0 Å². The summed E-state index contributed by atoms with van der Waals surface area (Å²) in [7, 11) is 0. The predicted octanol–water partition coefficient (Wildman–Crippen LogP) is 0.970. The highest BCUT2D eigenvalue weighted by Gasteiger charge is 2.46. The van der Waals surface area contributed by atoms with Crippen LogP contribution >= 0.6 is 0 Å². The van der Waals surface area contributed by atoms with E-state index < -0.39 is 5.60 Å². The summed E-state index contributed by atoms with van der Waals surface area (Å²) in [5, 5.41) is 0. The molecule has 1 saturated carbocycles. The molecule has 1 saturated heterocycles. The van der Waals surface area contributed by atoms with Crippen molar-refractivity contribution in [2.24, 2.45) is 11.7 Å². The first-order valence-corrected chi connectivity index (χ1v) is 6.21. The lowest BCUT2D eigenvalue weighted by molar-refractivity contribution is -0.0376. The van der Waals surface area contributed by atoms with E-state index in [1.54, 1.807) is 4.90 Å². The van der Waals surface area contributed by atoms with Crippen molar-refractivity contribution in [3.63, 3.8) is 0 Å². The Balaban J connectivity index is 1.98. The number of rotatable bonds is 1. The Bertz CT molecular complexity index is 301. The van der Waals surface area contributed by atoms with E-state index in [2.05, 4.69) is 0 Å². The van der Waals surface area contributed by atoms with E-state index in [1.807, 2.05) is 20.8 Å². The van der Waals surface area contributed by atoms with Crippen LogP contribution in [0.5, 0.6) is 0 Å². The maximum absolute atomic E-state index is 12.1. The fraction of sp³-hybridized carbons (Fsp3) is 0.917. The van der Waals surface area contributed by atoms with Gasteiger partial charge in [-0.25, -0.2) is 4.79 Å². The van der Waals surface area contributed by atoms with Gasteiger partial charge in [-0.1, -0.05) is 0 Å². The molecule has 0 spiro atoms. The summed E-state index contributed by atoms with van der Waals surface area (Å²) in [6, 6.07) is 0.306. The monoisotopic (exact) mass is 242 g/mol. The van der Waals surface area contributed by atoms with Crippen molar-refractivity contribution in [3.8, 4) is 0 Å². The molecule has 17 heavy (non-hydrogen) atoms. The van der Waals surface area contributed by atoms with Gasteiger partial charge in [0.25, 0.3) is 0 Å². The van der Waals surface area contributed by atoms with Crippen LogP contribution in [0.15, 0.2) is 0 Å². The fourth-order valence-corrected chi connectivity index (χ4v) is 2.20. The van der Waals surface area contributed by atoms with Crippen LogP contribution in [0.4, 0.5) is 4.79 Å². The lowest BCUT2D eigenvalue weighted by Crippen LogP contribution is -2.52. The molecule has 98 valence electrons. The second kappa shape index (κ2) is 4.46. The molecule has 2 rings (SSSR count). The van der Waals surface area contributed by atoms with E-state index >= 15 is 0 Å². The van der Waals surface area contributed by atoms with E-state index in [4.69, 9.17) is 15.2 Å². The van der Waals surface area contributed by atoms with Gasteiger partial charge in [0.05, 0.1) is 19.3 Å². The molecule has 0 aromatic carbocycles. The normalized spacial score (nSPS) is 33.4. The zero-order valence-corrected chi connectivity index (χ0v) is 10.8. The first kappa shape index (κ1) is 12.6. The number of carbonyl (C=O) groups excluding carboxylic acids is 1. The van der Waals surface area contributed by atoms with Crippen LogP contribution in [0.1, 0.15) is 27.2 Å². The minimum absolute atomic E-state index is 0.0913. The second-order valence-electron chi connectivity index (χ2n) is 5.88. The molecule has 1 unspecified atom stereocenters. The number of nitrogens with two attached hydrogens (primary N) is 1. The van der Waals surface area contributed by atoms with Crippen molar-refractivity contribution in [1.29, 1.82) is 0 Å². The molecule has 0 radical (unpaired) electrons. The van der Waals surface area contributed by atoms with E-state index in [-0.39, 0.29) is 18.2 Å². The van der Waals surface area contributed by atoms with E-state index in [0.717, 1.165) is 6.42 Å². The molecule has 1 amide bonds. The first-order valence-electron chi connectivity index (χ1n) is 6.21. The third-order valence-electron chi connectivity index (χ3n) is 3.18. The van der Waals surface area contributed by atoms with Crippen molar-refractivity contribution >= 4 is 6.09 Å². The molecule has 5 heteroatoms. The van der Waals surface area contributed by atoms with Crippen LogP contribution in [-0.2, 0) is 9.47 Å². The van der Waals surface area contributed by atoms with Gasteiger partial charge in [0, 0.05) is 12.6 Å². The molecule has 1 heterocycles. The molecule has 5 nitrogen and oxygen atoms in total. The van der Waals surface area contributed by atoms with E-state index in [1.165, 1.54) is 0 Å². The van der Waals surface area contributed by atoms with Crippen LogP contribution < -0.4 is 5.73 Å². The van der Waals surface area contributed by atoms with Gasteiger partial charge in [0.1, 0.15) is 5.60 Å². The highest BCUT2D eigenvalue weighted by Crippen LogP contribution is 2.36. The SMILES string of the molecule is CC(C)(C)OC(=O)N1CCOCC1[C@@H]1C[C@H]1N. The average Bonchev–Trinajstić information content (AvgIpc) is 2.93. The lowest BCUT2D eigenvalue weighted by atomic mass is 10.1. The third-order valence-corrected chi connectivity index (χ3v) is 3.18. The number of morpholine rings is 1. The van der Waals surface area contributed by atoms with Gasteiger partial charge in [-0.3, -0.25) is 0 Å². The fourth-order valence-electron chi connectivity index (χ4n) is 2.20. The van der Waals surface area contributed by atoms with Crippen LogP contribution in [0.3, 0.4) is 0 Å². The second-order valence-corrected chi connectivity index (χ2v) is 5.88. The maximum atomic E-state index is 12.1. The Morgan fingerprint density at radius 1 is 1.47 bits per heavy atom. The molecule has 3 atom stereocenters. The Labute approximate surface area is 102 Å². The van der Waals surface area contributed by atoms with Gasteiger partial charge >= 0.3 is 6.09 Å². The van der Waals surface area contributed by atoms with Crippen molar-refractivity contribution in [1.82, 2.24) is 4.90 Å². The standard InChI is InChI=1S/C12H22N2O3/c1-12(2,3)17-11(15)14-4-5-16-7-10(14)8-6-9(8)13/h8-10H,4-7,13H2,1-3H3/t8-,9-,10?/m1/s1. The Morgan fingerprint density at radius 3 is 2.65 bits per heavy atom. The van der Waals surface area contributed by atoms with Gasteiger partial charge in [-0.2, -0.15) is 0 Å². The minimum atomic E-state index is -0.453. The largest absolute Gasteiger partial charge is 0.444 e. The van der Waals surface area contributed by atoms with Gasteiger partial charge < -0.3 is 20.1 Å². The molecule has 0 bridgehead atoms. The zero-order chi connectivity index (χ0) is 12.6. The Hall–Kier alpha value is -0.810. The smallest absolute Gasteiger partial charge is 0.410 e. The predicted molar refractivity (Wildman–Crippen MR) is 63.6 cm³/mol. The van der Waals surface area contributed by atoms with Crippen molar-refractivity contribution in [3.05, 3.63) is 0 Å². The first-order chi connectivity index (χ1) is 7.88. The minimum Gasteiger partial charge on any atom is -0.444 e. The summed E-state index contributed by atoms with van der Waals surface area (Å²) in [4.78, 5) is 13.9. The van der Waals surface area contributed by atoms with Crippen molar-refractivity contribution < 1.29 is 14.3 Å². The highest BCUT2D eigenvalue weighted by molar-refractivity contribution is 5.68. The number of hydrogen-bond donors (Lipinski definition) is 1. The zero-order valence-electron chi connectivity index (χ0n) is 10.8. The number of hydrogen-bond acceptors (Lipinski definition) is 4. The summed E-state index contributed by atoms with van der Waals surface area (Å²) in [5.74, 6) is 0.378. The van der Waals surface area contributed by atoms with E-state index in [9.17, 15) is 4.79 Å². The molecule has 0 aromatic rings. The van der Waals surface area contributed by atoms with Gasteiger partial charge in [0.15, 0.2) is 0 Å². The summed E-state index contributed by atoms with van der Waals surface area (Å²) < 4.78 is 10.8. The van der Waals surface area contributed by atoms with Crippen LogP contribution in [-0.4, -0.2) is 48.4 Å². The van der Waals surface area contributed by atoms with Crippen molar-refractivity contribution in [2.45, 2.75) is 44.9 Å². The summed E-state index contributed by atoms with van der Waals surface area (Å²) in [6.45, 7) is 7.40. The number of nitrogens with zero attached hydrogens (tertiary/aromatic N) is 1. The molecule has 2 fully saturated rings. The molecule has 1 aliphatic carbocycles. The third kappa shape index (κ3) is 3.10. The molecular weight excluding hydrogens is 220 g/mol. The van der Waals surface area contributed by atoms with Crippen LogP contribution in [0.25, 0.3) is 0 Å². The maximum Gasteiger partial charge on any atom is 0.410 e. The molecule has 2 N–H and O–H groups in total. The Kier molecular flexibility index (Phi) is 3.32. The Morgan fingerprint density at radius 2 is 2.12 bits per heavy atom. The number of carbonyl (C=O) groups is 1. The molecule has 1 aliphatic heterocycles. The molecular formula is C12H22N2O3. The van der Waals surface area contributed by atoms with Crippen LogP contribution in [0, 0.1) is 5.92 Å². The van der Waals surface area contributed by atoms with Gasteiger partial charge in [-0.05, 0) is 33.1 Å². The highest BCUT2D eigenvalue weighted by atomic mass is 16.6. The summed E-state index contributed by atoms with van der Waals surface area (Å²) >= 11 is 0. The summed E-state index contributed by atoms with van der Waals surface area (Å²) in [6.07, 6.45) is 0.734. The quantitative estimate of drug-likeness (QED) is 0.744. The van der Waals surface area contributed by atoms with Crippen LogP contribution in [0.2, 0.25) is 0 Å². The average molecular weight is 242 g/mol. The van der Waals surface area contributed by atoms with Crippen molar-refractivity contribution in [2.75, 3.05) is 19.8 Å². The van der Waals surface area contributed by atoms with E-state index in [0.29, 0.717) is 25.7 Å².